The van der Waals surface area contributed by atoms with E-state index in [4.69, 9.17) is 14.2 Å². The van der Waals surface area contributed by atoms with Crippen molar-refractivity contribution >= 4 is 23.1 Å². The van der Waals surface area contributed by atoms with E-state index in [1.807, 2.05) is 37.3 Å². The molecular weight excluding hydrogens is 432 g/mol. The zero-order valence-corrected chi connectivity index (χ0v) is 19.5. The molecule has 1 aliphatic rings. The van der Waals surface area contributed by atoms with Gasteiger partial charge in [0, 0.05) is 0 Å². The third-order valence-corrected chi connectivity index (χ3v) is 5.66. The molecule has 0 aliphatic carbocycles. The van der Waals surface area contributed by atoms with E-state index in [0.29, 0.717) is 34.1 Å². The first-order valence-corrected chi connectivity index (χ1v) is 10.7. The summed E-state index contributed by atoms with van der Waals surface area (Å²) < 4.78 is 15.9. The Morgan fingerprint density at radius 1 is 0.765 bits per heavy atom. The summed E-state index contributed by atoms with van der Waals surface area (Å²) in [4.78, 5) is 28.3. The Bertz CT molecular complexity index is 1250. The summed E-state index contributed by atoms with van der Waals surface area (Å²) in [6.45, 7) is 2.08. The second-order valence-electron chi connectivity index (χ2n) is 7.85. The molecule has 0 unspecified atom stereocenters. The molecule has 7 heteroatoms. The van der Waals surface area contributed by atoms with E-state index in [1.165, 1.54) is 4.90 Å². The Labute approximate surface area is 198 Å². The van der Waals surface area contributed by atoms with Crippen LogP contribution in [0.1, 0.15) is 16.7 Å². The van der Waals surface area contributed by atoms with Gasteiger partial charge in [-0.3, -0.25) is 14.5 Å². The van der Waals surface area contributed by atoms with Crippen LogP contribution in [0.3, 0.4) is 0 Å². The van der Waals surface area contributed by atoms with E-state index in [-0.39, 0.29) is 18.1 Å². The fourth-order valence-corrected chi connectivity index (χ4v) is 3.83. The monoisotopic (exact) mass is 458 g/mol. The number of hydrogen-bond acceptors (Lipinski definition) is 6. The van der Waals surface area contributed by atoms with Crippen LogP contribution in [0.4, 0.5) is 5.69 Å². The maximum atomic E-state index is 13.5. The van der Waals surface area contributed by atoms with Crippen LogP contribution in [0.25, 0.3) is 5.57 Å². The van der Waals surface area contributed by atoms with Crippen molar-refractivity contribution in [2.75, 3.05) is 26.6 Å². The van der Waals surface area contributed by atoms with Crippen LogP contribution in [-0.2, 0) is 16.1 Å². The van der Waals surface area contributed by atoms with Gasteiger partial charge >= 0.3 is 0 Å². The van der Waals surface area contributed by atoms with Gasteiger partial charge in [0.15, 0.2) is 0 Å². The van der Waals surface area contributed by atoms with Crippen molar-refractivity contribution in [3.8, 4) is 17.2 Å². The molecule has 1 heterocycles. The predicted octanol–water partition coefficient (Wildman–Crippen LogP) is 4.41. The zero-order chi connectivity index (χ0) is 24.2. The minimum atomic E-state index is -0.407. The molecule has 0 radical (unpaired) electrons. The SMILES string of the molecule is COc1ccc(CN2C(=O)C(Nc3cc(C)ccc3OC)=C(c3ccc(OC)cc3)C2=O)cc1. The number of carbonyl (C=O) groups is 2. The topological polar surface area (TPSA) is 77.1 Å². The number of amides is 2. The lowest BCUT2D eigenvalue weighted by Gasteiger charge is -2.16. The summed E-state index contributed by atoms with van der Waals surface area (Å²) in [5, 5.41) is 3.18. The van der Waals surface area contributed by atoms with Gasteiger partial charge in [0.2, 0.25) is 0 Å². The van der Waals surface area contributed by atoms with E-state index in [0.717, 1.165) is 11.1 Å². The molecule has 1 N–H and O–H groups in total. The van der Waals surface area contributed by atoms with E-state index in [1.54, 1.807) is 57.7 Å². The molecule has 0 atom stereocenters. The molecule has 3 aromatic rings. The van der Waals surface area contributed by atoms with Gasteiger partial charge in [0.05, 0.1) is 39.1 Å². The van der Waals surface area contributed by atoms with Gasteiger partial charge in [-0.15, -0.1) is 0 Å². The predicted molar refractivity (Wildman–Crippen MR) is 130 cm³/mol. The minimum Gasteiger partial charge on any atom is -0.497 e. The Morgan fingerprint density at radius 2 is 1.38 bits per heavy atom. The number of ether oxygens (including phenoxy) is 3. The lowest BCUT2D eigenvalue weighted by Crippen LogP contribution is -2.32. The molecule has 4 rings (SSSR count). The highest BCUT2D eigenvalue weighted by Gasteiger charge is 2.39. The van der Waals surface area contributed by atoms with E-state index >= 15 is 0 Å². The van der Waals surface area contributed by atoms with Crippen LogP contribution in [0, 0.1) is 6.92 Å². The van der Waals surface area contributed by atoms with Gasteiger partial charge in [-0.05, 0) is 60.0 Å². The highest BCUT2D eigenvalue weighted by atomic mass is 16.5. The summed E-state index contributed by atoms with van der Waals surface area (Å²) in [7, 11) is 4.73. The first-order valence-electron chi connectivity index (χ1n) is 10.7. The average molecular weight is 459 g/mol. The number of methoxy groups -OCH3 is 3. The molecule has 3 aromatic carbocycles. The van der Waals surface area contributed by atoms with Crippen LogP contribution >= 0.6 is 0 Å². The molecule has 174 valence electrons. The molecule has 0 saturated heterocycles. The Hall–Kier alpha value is -4.26. The lowest BCUT2D eigenvalue weighted by atomic mass is 10.0. The highest BCUT2D eigenvalue weighted by molar-refractivity contribution is 6.36. The third kappa shape index (κ3) is 4.45. The first kappa shape index (κ1) is 22.9. The molecule has 0 bridgehead atoms. The number of imide groups is 1. The first-order chi connectivity index (χ1) is 16.4. The van der Waals surface area contributed by atoms with Gasteiger partial charge in [0.25, 0.3) is 11.8 Å². The highest BCUT2D eigenvalue weighted by Crippen LogP contribution is 2.35. The quantitative estimate of drug-likeness (QED) is 0.504. The fraction of sp³-hybridized carbons (Fsp3) is 0.185. The summed E-state index contributed by atoms with van der Waals surface area (Å²) in [6, 6.07) is 19.9. The second kappa shape index (κ2) is 9.70. The summed E-state index contributed by atoms with van der Waals surface area (Å²) in [5.74, 6) is 1.15. The molecule has 2 amide bonds. The van der Waals surface area contributed by atoms with Crippen molar-refractivity contribution in [2.45, 2.75) is 13.5 Å². The zero-order valence-electron chi connectivity index (χ0n) is 19.5. The average Bonchev–Trinajstić information content (AvgIpc) is 3.09. The van der Waals surface area contributed by atoms with Crippen molar-refractivity contribution in [1.29, 1.82) is 0 Å². The van der Waals surface area contributed by atoms with Gasteiger partial charge in [0.1, 0.15) is 22.9 Å². The standard InChI is InChI=1S/C27H26N2O5/c1-17-5-14-23(34-4)22(15-17)28-25-24(19-8-12-21(33-3)13-9-19)26(30)29(27(25)31)16-18-6-10-20(32-2)11-7-18/h5-15,28H,16H2,1-4H3. The third-order valence-electron chi connectivity index (χ3n) is 5.66. The molecule has 1 aliphatic heterocycles. The van der Waals surface area contributed by atoms with Gasteiger partial charge in [-0.1, -0.05) is 30.3 Å². The van der Waals surface area contributed by atoms with Crippen LogP contribution in [0.5, 0.6) is 17.2 Å². The molecule has 0 saturated carbocycles. The normalized spacial score (nSPS) is 13.4. The summed E-state index contributed by atoms with van der Waals surface area (Å²) in [6.07, 6.45) is 0. The molecule has 34 heavy (non-hydrogen) atoms. The maximum absolute atomic E-state index is 13.5. The van der Waals surface area contributed by atoms with Gasteiger partial charge < -0.3 is 19.5 Å². The molecule has 0 spiro atoms. The second-order valence-corrected chi connectivity index (χ2v) is 7.85. The van der Waals surface area contributed by atoms with Gasteiger partial charge in [-0.2, -0.15) is 0 Å². The summed E-state index contributed by atoms with van der Waals surface area (Å²) >= 11 is 0. The van der Waals surface area contributed by atoms with Crippen molar-refractivity contribution in [2.24, 2.45) is 0 Å². The van der Waals surface area contributed by atoms with Gasteiger partial charge in [-0.25, -0.2) is 0 Å². The van der Waals surface area contributed by atoms with Crippen molar-refractivity contribution in [3.63, 3.8) is 0 Å². The van der Waals surface area contributed by atoms with E-state index < -0.39 is 5.91 Å². The Morgan fingerprint density at radius 3 is 1.97 bits per heavy atom. The van der Waals surface area contributed by atoms with Crippen LogP contribution in [0.15, 0.2) is 72.4 Å². The number of hydrogen-bond donors (Lipinski definition) is 1. The Kier molecular flexibility index (Phi) is 6.54. The fourth-order valence-electron chi connectivity index (χ4n) is 3.83. The molecular formula is C27H26N2O5. The smallest absolute Gasteiger partial charge is 0.278 e. The maximum Gasteiger partial charge on any atom is 0.278 e. The number of nitrogens with zero attached hydrogens (tertiary/aromatic N) is 1. The van der Waals surface area contributed by atoms with E-state index in [2.05, 4.69) is 5.32 Å². The van der Waals surface area contributed by atoms with Crippen molar-refractivity contribution in [1.82, 2.24) is 4.90 Å². The number of nitrogens with one attached hydrogen (secondary N) is 1. The Balaban J connectivity index is 1.75. The number of benzene rings is 3. The van der Waals surface area contributed by atoms with Crippen molar-refractivity contribution < 1.29 is 23.8 Å². The lowest BCUT2D eigenvalue weighted by molar-refractivity contribution is -0.137. The number of aryl methyl sites for hydroxylation is 1. The molecule has 0 aromatic heterocycles. The molecule has 0 fully saturated rings. The van der Waals surface area contributed by atoms with Crippen molar-refractivity contribution in [3.05, 3.63) is 89.1 Å². The number of anilines is 1. The summed E-state index contributed by atoms with van der Waals surface area (Å²) in [5.41, 5.74) is 3.52. The largest absolute Gasteiger partial charge is 0.497 e. The minimum absolute atomic E-state index is 0.136. The van der Waals surface area contributed by atoms with Crippen LogP contribution < -0.4 is 19.5 Å². The van der Waals surface area contributed by atoms with Crippen LogP contribution in [-0.4, -0.2) is 38.0 Å². The number of carbonyl (C=O) groups excluding carboxylic acids is 2. The van der Waals surface area contributed by atoms with E-state index in [9.17, 15) is 9.59 Å². The number of rotatable bonds is 8. The van der Waals surface area contributed by atoms with Crippen LogP contribution in [0.2, 0.25) is 0 Å². The molecule has 7 nitrogen and oxygen atoms in total.